The summed E-state index contributed by atoms with van der Waals surface area (Å²) in [5.74, 6) is 0. The average molecular weight is 376 g/mol. The molecule has 7 heteroatoms. The molecule has 118 valence electrons. The van der Waals surface area contributed by atoms with Crippen molar-refractivity contribution >= 4 is 31.6 Å². The number of hydrogen-bond donors (Lipinski definition) is 1. The Hall–Kier alpha value is -0.630. The van der Waals surface area contributed by atoms with Crippen LogP contribution >= 0.6 is 15.9 Å². The van der Waals surface area contributed by atoms with Crippen LogP contribution in [-0.4, -0.2) is 53.0 Å². The number of anilines is 1. The molecule has 5 nitrogen and oxygen atoms in total. The van der Waals surface area contributed by atoms with Crippen molar-refractivity contribution < 1.29 is 8.42 Å². The number of benzene rings is 1. The van der Waals surface area contributed by atoms with E-state index in [1.54, 1.807) is 19.2 Å². The number of piperidine rings is 1. The Labute approximate surface area is 135 Å². The second kappa shape index (κ2) is 6.64. The van der Waals surface area contributed by atoms with Gasteiger partial charge in [0.1, 0.15) is 0 Å². The molecule has 1 aliphatic heterocycles. The van der Waals surface area contributed by atoms with E-state index < -0.39 is 10.0 Å². The zero-order valence-corrected chi connectivity index (χ0v) is 15.0. The predicted molar refractivity (Wildman–Crippen MR) is 89.3 cm³/mol. The van der Waals surface area contributed by atoms with Gasteiger partial charge in [0, 0.05) is 37.3 Å². The van der Waals surface area contributed by atoms with Crippen LogP contribution in [0.3, 0.4) is 0 Å². The van der Waals surface area contributed by atoms with Gasteiger partial charge in [-0.2, -0.15) is 4.31 Å². The number of rotatable bonds is 4. The average Bonchev–Trinajstić information content (AvgIpc) is 2.47. The molecule has 21 heavy (non-hydrogen) atoms. The molecule has 2 rings (SSSR count). The summed E-state index contributed by atoms with van der Waals surface area (Å²) in [6.45, 7) is 1.73. The zero-order valence-electron chi connectivity index (χ0n) is 12.6. The van der Waals surface area contributed by atoms with Gasteiger partial charge in [0.25, 0.3) is 0 Å². The molecule has 1 heterocycles. The van der Waals surface area contributed by atoms with E-state index in [-0.39, 0.29) is 6.04 Å². The van der Waals surface area contributed by atoms with Crippen molar-refractivity contribution in [2.75, 3.05) is 39.1 Å². The maximum Gasteiger partial charge on any atom is 0.244 e. The maximum atomic E-state index is 12.9. The van der Waals surface area contributed by atoms with Crippen LogP contribution in [0.5, 0.6) is 0 Å². The largest absolute Gasteiger partial charge is 0.378 e. The second-order valence-corrected chi connectivity index (χ2v) is 8.33. The highest BCUT2D eigenvalue weighted by atomic mass is 79.9. The zero-order chi connectivity index (χ0) is 15.6. The topological polar surface area (TPSA) is 52.7 Å². The SMILES string of the molecule is CN(C)c1ccc(Br)c(S(=O)(=O)N(C)C2CCNCC2)c1. The molecule has 0 radical (unpaired) electrons. The van der Waals surface area contributed by atoms with E-state index in [4.69, 9.17) is 0 Å². The first kappa shape index (κ1) is 16.7. The summed E-state index contributed by atoms with van der Waals surface area (Å²) in [6, 6.07) is 5.47. The minimum absolute atomic E-state index is 0.0613. The predicted octanol–water partition coefficient (Wildman–Crippen LogP) is 1.89. The van der Waals surface area contributed by atoms with E-state index >= 15 is 0 Å². The van der Waals surface area contributed by atoms with Gasteiger partial charge in [-0.1, -0.05) is 0 Å². The Morgan fingerprint density at radius 1 is 1.19 bits per heavy atom. The second-order valence-electron chi connectivity index (χ2n) is 5.51. The van der Waals surface area contributed by atoms with Crippen molar-refractivity contribution in [2.45, 2.75) is 23.8 Å². The Kier molecular flexibility index (Phi) is 5.29. The van der Waals surface area contributed by atoms with E-state index in [0.717, 1.165) is 31.6 Å². The number of halogens is 1. The fourth-order valence-electron chi connectivity index (χ4n) is 2.49. The summed E-state index contributed by atoms with van der Waals surface area (Å²) in [4.78, 5) is 2.23. The lowest BCUT2D eigenvalue weighted by molar-refractivity contribution is 0.296. The lowest BCUT2D eigenvalue weighted by atomic mass is 10.1. The smallest absolute Gasteiger partial charge is 0.244 e. The maximum absolute atomic E-state index is 12.9. The van der Waals surface area contributed by atoms with Crippen LogP contribution in [0, 0.1) is 0 Å². The van der Waals surface area contributed by atoms with Gasteiger partial charge in [0.05, 0.1) is 4.90 Å². The van der Waals surface area contributed by atoms with Gasteiger partial charge in [0.2, 0.25) is 10.0 Å². The lowest BCUT2D eigenvalue weighted by Gasteiger charge is -2.31. The molecule has 1 aromatic carbocycles. The van der Waals surface area contributed by atoms with E-state index in [2.05, 4.69) is 21.2 Å². The third-order valence-electron chi connectivity index (χ3n) is 3.91. The molecular weight excluding hydrogens is 354 g/mol. The molecule has 1 aromatic rings. The minimum Gasteiger partial charge on any atom is -0.378 e. The molecule has 0 unspecified atom stereocenters. The van der Waals surface area contributed by atoms with Crippen LogP contribution in [0.25, 0.3) is 0 Å². The fraction of sp³-hybridized carbons (Fsp3) is 0.571. The number of nitrogens with one attached hydrogen (secondary N) is 1. The third-order valence-corrected chi connectivity index (χ3v) is 6.82. The molecule has 0 amide bonds. The van der Waals surface area contributed by atoms with E-state index in [0.29, 0.717) is 9.37 Å². The van der Waals surface area contributed by atoms with Crippen molar-refractivity contribution in [3.8, 4) is 0 Å². The molecule has 0 aromatic heterocycles. The molecule has 0 saturated carbocycles. The molecule has 0 spiro atoms. The highest BCUT2D eigenvalue weighted by molar-refractivity contribution is 9.10. The van der Waals surface area contributed by atoms with Gasteiger partial charge in [-0.15, -0.1) is 0 Å². The van der Waals surface area contributed by atoms with Crippen molar-refractivity contribution in [3.05, 3.63) is 22.7 Å². The molecule has 1 fully saturated rings. The highest BCUT2D eigenvalue weighted by Gasteiger charge is 2.30. The standard InChI is InChI=1S/C14H22BrN3O2S/c1-17(2)12-4-5-13(15)14(10-12)21(19,20)18(3)11-6-8-16-9-7-11/h4-5,10-11,16H,6-9H2,1-3H3. The van der Waals surface area contributed by atoms with Gasteiger partial charge in [-0.05, 0) is 60.1 Å². The monoisotopic (exact) mass is 375 g/mol. The molecule has 0 aliphatic carbocycles. The van der Waals surface area contributed by atoms with Gasteiger partial charge in [0.15, 0.2) is 0 Å². The van der Waals surface area contributed by atoms with Gasteiger partial charge < -0.3 is 10.2 Å². The summed E-state index contributed by atoms with van der Waals surface area (Å²) in [7, 11) is 1.99. The van der Waals surface area contributed by atoms with E-state index in [1.165, 1.54) is 4.31 Å². The Morgan fingerprint density at radius 3 is 2.38 bits per heavy atom. The van der Waals surface area contributed by atoms with E-state index in [1.807, 2.05) is 25.1 Å². The van der Waals surface area contributed by atoms with Crippen molar-refractivity contribution in [2.24, 2.45) is 0 Å². The summed E-state index contributed by atoms with van der Waals surface area (Å²) >= 11 is 3.37. The van der Waals surface area contributed by atoms with Crippen LogP contribution in [0.15, 0.2) is 27.6 Å². The molecular formula is C14H22BrN3O2S. The first-order valence-electron chi connectivity index (χ1n) is 6.99. The quantitative estimate of drug-likeness (QED) is 0.872. The fourth-order valence-corrected chi connectivity index (χ4v) is 4.85. The number of sulfonamides is 1. The van der Waals surface area contributed by atoms with Gasteiger partial charge in [-0.25, -0.2) is 8.42 Å². The highest BCUT2D eigenvalue weighted by Crippen LogP contribution is 2.30. The van der Waals surface area contributed by atoms with Crippen molar-refractivity contribution in [1.82, 2.24) is 9.62 Å². The summed E-state index contributed by atoms with van der Waals surface area (Å²) < 4.78 is 27.9. The van der Waals surface area contributed by atoms with Crippen LogP contribution in [0.4, 0.5) is 5.69 Å². The first-order valence-corrected chi connectivity index (χ1v) is 9.23. The number of nitrogens with zero attached hydrogens (tertiary/aromatic N) is 2. The molecule has 1 saturated heterocycles. The van der Waals surface area contributed by atoms with Gasteiger partial charge in [-0.3, -0.25) is 0 Å². The van der Waals surface area contributed by atoms with Crippen LogP contribution in [-0.2, 0) is 10.0 Å². The molecule has 1 aliphatic rings. The normalized spacial score (nSPS) is 17.2. The van der Waals surface area contributed by atoms with Crippen LogP contribution < -0.4 is 10.2 Å². The van der Waals surface area contributed by atoms with Crippen LogP contribution in [0.2, 0.25) is 0 Å². The van der Waals surface area contributed by atoms with Crippen molar-refractivity contribution in [3.63, 3.8) is 0 Å². The van der Waals surface area contributed by atoms with Crippen LogP contribution in [0.1, 0.15) is 12.8 Å². The number of hydrogen-bond acceptors (Lipinski definition) is 4. The Bertz CT molecular complexity index is 598. The lowest BCUT2D eigenvalue weighted by Crippen LogP contribution is -2.43. The molecule has 0 bridgehead atoms. The first-order chi connectivity index (χ1) is 9.84. The van der Waals surface area contributed by atoms with Gasteiger partial charge >= 0.3 is 0 Å². The summed E-state index contributed by atoms with van der Waals surface area (Å²) in [5.41, 5.74) is 0.871. The summed E-state index contributed by atoms with van der Waals surface area (Å²) in [5, 5.41) is 3.26. The minimum atomic E-state index is -3.49. The Morgan fingerprint density at radius 2 is 1.81 bits per heavy atom. The summed E-state index contributed by atoms with van der Waals surface area (Å²) in [6.07, 6.45) is 1.70. The van der Waals surface area contributed by atoms with Crippen molar-refractivity contribution in [1.29, 1.82) is 0 Å². The third kappa shape index (κ3) is 3.59. The van der Waals surface area contributed by atoms with E-state index in [9.17, 15) is 8.42 Å². The molecule has 1 N–H and O–H groups in total. The molecule has 0 atom stereocenters. The Balaban J connectivity index is 2.36.